The van der Waals surface area contributed by atoms with Crippen LogP contribution in [0.1, 0.15) is 19.8 Å². The Morgan fingerprint density at radius 2 is 2.44 bits per heavy atom. The van der Waals surface area contributed by atoms with Crippen LogP contribution in [0.25, 0.3) is 0 Å². The summed E-state index contributed by atoms with van der Waals surface area (Å²) in [5.41, 5.74) is 0. The number of cyclic esters (lactones) is 1. The minimum Gasteiger partial charge on any atom is -0.436 e. The molecule has 1 rings (SSSR count). The minimum atomic E-state index is -0.869. The molecule has 0 aromatic rings. The molecule has 0 spiro atoms. The van der Waals surface area contributed by atoms with Crippen LogP contribution >= 0.6 is 0 Å². The zero-order valence-corrected chi connectivity index (χ0v) is 5.33. The van der Waals surface area contributed by atoms with Crippen LogP contribution in [0.15, 0.2) is 0 Å². The van der Waals surface area contributed by atoms with Gasteiger partial charge in [0.2, 0.25) is 6.29 Å². The molecule has 9 heavy (non-hydrogen) atoms. The predicted molar refractivity (Wildman–Crippen MR) is 30.5 cm³/mol. The van der Waals surface area contributed by atoms with Crippen LogP contribution in [-0.4, -0.2) is 17.4 Å². The minimum absolute atomic E-state index is 0.0997. The maximum atomic E-state index is 10.4. The Morgan fingerprint density at radius 3 is 2.89 bits per heavy atom. The quantitative estimate of drug-likeness (QED) is 0.479. The Morgan fingerprint density at radius 1 is 1.78 bits per heavy atom. The molecule has 1 heterocycles. The standard InChI is InChI=1S/C6H10O3/c1-4-2-3-5(7)9-6(4)8/h4,6,8H,2-3H2,1H3/t4-,6?/m0/s1. The van der Waals surface area contributed by atoms with Gasteiger partial charge in [-0.15, -0.1) is 0 Å². The highest BCUT2D eigenvalue weighted by molar-refractivity contribution is 5.70. The van der Waals surface area contributed by atoms with Crippen molar-refractivity contribution in [2.24, 2.45) is 5.92 Å². The van der Waals surface area contributed by atoms with Crippen molar-refractivity contribution in [3.8, 4) is 0 Å². The third-order valence-electron chi connectivity index (χ3n) is 1.54. The van der Waals surface area contributed by atoms with E-state index >= 15 is 0 Å². The summed E-state index contributed by atoms with van der Waals surface area (Å²) in [7, 11) is 0. The van der Waals surface area contributed by atoms with Crippen LogP contribution in [0.5, 0.6) is 0 Å². The topological polar surface area (TPSA) is 46.5 Å². The van der Waals surface area contributed by atoms with Gasteiger partial charge in [0.05, 0.1) is 0 Å². The maximum absolute atomic E-state index is 10.4. The van der Waals surface area contributed by atoms with Crippen LogP contribution in [0.4, 0.5) is 0 Å². The fourth-order valence-corrected chi connectivity index (χ4v) is 0.798. The molecular weight excluding hydrogens is 120 g/mol. The van der Waals surface area contributed by atoms with Gasteiger partial charge in [0, 0.05) is 12.3 Å². The van der Waals surface area contributed by atoms with Gasteiger partial charge in [-0.1, -0.05) is 6.92 Å². The molecule has 1 aliphatic heterocycles. The predicted octanol–water partition coefficient (Wildman–Crippen LogP) is 0.278. The normalized spacial score (nSPS) is 36.0. The molecule has 3 nitrogen and oxygen atoms in total. The average Bonchev–Trinajstić information content (AvgIpc) is 1.80. The molecule has 0 aromatic carbocycles. The van der Waals surface area contributed by atoms with E-state index in [0.29, 0.717) is 6.42 Å². The molecule has 1 N–H and O–H groups in total. The second-order valence-corrected chi connectivity index (χ2v) is 2.40. The second-order valence-electron chi connectivity index (χ2n) is 2.40. The molecule has 0 radical (unpaired) electrons. The van der Waals surface area contributed by atoms with E-state index in [1.807, 2.05) is 6.92 Å². The molecule has 1 saturated heterocycles. The third kappa shape index (κ3) is 1.42. The summed E-state index contributed by atoms with van der Waals surface area (Å²) in [6.45, 7) is 1.86. The lowest BCUT2D eigenvalue weighted by molar-refractivity contribution is -0.186. The second kappa shape index (κ2) is 2.35. The van der Waals surface area contributed by atoms with Crippen LogP contribution in [-0.2, 0) is 9.53 Å². The van der Waals surface area contributed by atoms with Crippen molar-refractivity contribution in [3.63, 3.8) is 0 Å². The summed E-state index contributed by atoms with van der Waals surface area (Å²) in [5, 5.41) is 8.91. The van der Waals surface area contributed by atoms with Crippen LogP contribution in [0.3, 0.4) is 0 Å². The largest absolute Gasteiger partial charge is 0.436 e. The number of aliphatic hydroxyl groups excluding tert-OH is 1. The first kappa shape index (κ1) is 6.55. The molecule has 2 atom stereocenters. The molecule has 0 amide bonds. The van der Waals surface area contributed by atoms with Crippen molar-refractivity contribution < 1.29 is 14.6 Å². The molecule has 3 heteroatoms. The Labute approximate surface area is 53.6 Å². The van der Waals surface area contributed by atoms with Crippen LogP contribution in [0.2, 0.25) is 0 Å². The summed E-state index contributed by atoms with van der Waals surface area (Å²) in [5.74, 6) is -0.191. The van der Waals surface area contributed by atoms with Crippen molar-refractivity contribution in [1.29, 1.82) is 0 Å². The fourth-order valence-electron chi connectivity index (χ4n) is 0.798. The van der Waals surface area contributed by atoms with Crippen molar-refractivity contribution in [3.05, 3.63) is 0 Å². The Balaban J connectivity index is 2.44. The first-order valence-corrected chi connectivity index (χ1v) is 3.07. The van der Waals surface area contributed by atoms with E-state index in [9.17, 15) is 4.79 Å². The lowest BCUT2D eigenvalue weighted by Crippen LogP contribution is -2.30. The van der Waals surface area contributed by atoms with Gasteiger partial charge in [0.1, 0.15) is 0 Å². The lowest BCUT2D eigenvalue weighted by atomic mass is 10.0. The van der Waals surface area contributed by atoms with E-state index in [4.69, 9.17) is 5.11 Å². The highest BCUT2D eigenvalue weighted by atomic mass is 16.6. The van der Waals surface area contributed by atoms with Gasteiger partial charge >= 0.3 is 5.97 Å². The molecule has 0 aliphatic carbocycles. The van der Waals surface area contributed by atoms with Gasteiger partial charge in [0.25, 0.3) is 0 Å². The van der Waals surface area contributed by atoms with Gasteiger partial charge < -0.3 is 9.84 Å². The highest BCUT2D eigenvalue weighted by Gasteiger charge is 2.24. The number of esters is 1. The summed E-state index contributed by atoms with van der Waals surface area (Å²) >= 11 is 0. The number of hydrogen-bond acceptors (Lipinski definition) is 3. The summed E-state index contributed by atoms with van der Waals surface area (Å²) in [6.07, 6.45) is 0.310. The van der Waals surface area contributed by atoms with Gasteiger partial charge in [0.15, 0.2) is 0 Å². The highest BCUT2D eigenvalue weighted by Crippen LogP contribution is 2.18. The zero-order valence-electron chi connectivity index (χ0n) is 5.33. The SMILES string of the molecule is C[C@H]1CCC(=O)OC1O. The molecule has 1 fully saturated rings. The number of aliphatic hydroxyl groups is 1. The number of rotatable bonds is 0. The molecule has 1 aliphatic rings. The van der Waals surface area contributed by atoms with E-state index in [2.05, 4.69) is 4.74 Å². The molecule has 0 saturated carbocycles. The first-order valence-electron chi connectivity index (χ1n) is 3.07. The Kier molecular flexibility index (Phi) is 1.71. The maximum Gasteiger partial charge on any atom is 0.308 e. The number of carbonyl (C=O) groups excluding carboxylic acids is 1. The van der Waals surface area contributed by atoms with Gasteiger partial charge in [-0.3, -0.25) is 4.79 Å². The first-order chi connectivity index (χ1) is 4.20. The molecule has 52 valence electrons. The van der Waals surface area contributed by atoms with E-state index in [1.165, 1.54) is 0 Å². The van der Waals surface area contributed by atoms with E-state index in [1.54, 1.807) is 0 Å². The fraction of sp³-hybridized carbons (Fsp3) is 0.833. The Bertz CT molecular complexity index is 121. The molecule has 0 bridgehead atoms. The smallest absolute Gasteiger partial charge is 0.308 e. The average molecular weight is 130 g/mol. The zero-order chi connectivity index (χ0) is 6.85. The molecule has 0 aromatic heterocycles. The summed E-state index contributed by atoms with van der Waals surface area (Å²) in [6, 6.07) is 0. The van der Waals surface area contributed by atoms with Crippen molar-refractivity contribution in [1.82, 2.24) is 0 Å². The van der Waals surface area contributed by atoms with Crippen LogP contribution < -0.4 is 0 Å². The Hall–Kier alpha value is -0.570. The lowest BCUT2D eigenvalue weighted by Gasteiger charge is -2.23. The van der Waals surface area contributed by atoms with E-state index in [-0.39, 0.29) is 11.9 Å². The van der Waals surface area contributed by atoms with E-state index in [0.717, 1.165) is 6.42 Å². The monoisotopic (exact) mass is 130 g/mol. The summed E-state index contributed by atoms with van der Waals surface area (Å²) in [4.78, 5) is 10.4. The number of hydrogen-bond donors (Lipinski definition) is 1. The van der Waals surface area contributed by atoms with Gasteiger partial charge in [-0.25, -0.2) is 0 Å². The van der Waals surface area contributed by atoms with Crippen molar-refractivity contribution in [2.75, 3.05) is 0 Å². The van der Waals surface area contributed by atoms with Crippen LogP contribution in [0, 0.1) is 5.92 Å². The third-order valence-corrected chi connectivity index (χ3v) is 1.54. The molecular formula is C6H10O3. The van der Waals surface area contributed by atoms with Gasteiger partial charge in [-0.05, 0) is 6.42 Å². The van der Waals surface area contributed by atoms with Gasteiger partial charge in [-0.2, -0.15) is 0 Å². The van der Waals surface area contributed by atoms with E-state index < -0.39 is 6.29 Å². The number of carbonyl (C=O) groups is 1. The number of ether oxygens (including phenoxy) is 1. The molecule has 1 unspecified atom stereocenters. The van der Waals surface area contributed by atoms with Crippen molar-refractivity contribution in [2.45, 2.75) is 26.1 Å². The van der Waals surface area contributed by atoms with Crippen molar-refractivity contribution >= 4 is 5.97 Å². The summed E-state index contributed by atoms with van der Waals surface area (Å²) < 4.78 is 4.52.